The van der Waals surface area contributed by atoms with Gasteiger partial charge in [0.15, 0.2) is 0 Å². The van der Waals surface area contributed by atoms with Gasteiger partial charge in [-0.3, -0.25) is 0 Å². The fraction of sp³-hybridized carbons (Fsp3) is 0.412. The maximum absolute atomic E-state index is 11.9. The molecule has 2 aliphatic rings. The van der Waals surface area contributed by atoms with Crippen molar-refractivity contribution in [1.82, 2.24) is 4.72 Å². The molecule has 122 valence electrons. The van der Waals surface area contributed by atoms with Crippen LogP contribution in [0.1, 0.15) is 23.2 Å². The Morgan fingerprint density at radius 3 is 2.39 bits per heavy atom. The summed E-state index contributed by atoms with van der Waals surface area (Å²) in [6.07, 6.45) is 1.24. The van der Waals surface area contributed by atoms with E-state index in [0.29, 0.717) is 0 Å². The van der Waals surface area contributed by atoms with Crippen LogP contribution in [0.3, 0.4) is 0 Å². The summed E-state index contributed by atoms with van der Waals surface area (Å²) in [5.74, 6) is 0. The predicted octanol–water partition coefficient (Wildman–Crippen LogP) is 0.400. The zero-order valence-electron chi connectivity index (χ0n) is 13.1. The van der Waals surface area contributed by atoms with Crippen LogP contribution in [0, 0.1) is 0 Å². The summed E-state index contributed by atoms with van der Waals surface area (Å²) in [5, 5.41) is 2.38. The Hall–Kier alpha value is -1.47. The minimum atomic E-state index is -3.29. The molecule has 5 nitrogen and oxygen atoms in total. The zero-order chi connectivity index (χ0) is 16.0. The molecule has 2 N–H and O–H groups in total. The lowest BCUT2D eigenvalue weighted by molar-refractivity contribution is -0.940. The first-order valence-electron chi connectivity index (χ1n) is 7.96. The van der Waals surface area contributed by atoms with Crippen molar-refractivity contribution < 1.29 is 18.1 Å². The summed E-state index contributed by atoms with van der Waals surface area (Å²) in [6.45, 7) is 3.25. The van der Waals surface area contributed by atoms with E-state index in [1.54, 1.807) is 0 Å². The van der Waals surface area contributed by atoms with Crippen LogP contribution in [-0.2, 0) is 14.8 Å². The fourth-order valence-electron chi connectivity index (χ4n) is 4.04. The monoisotopic (exact) mass is 333 g/mol. The average molecular weight is 333 g/mol. The Labute approximate surface area is 136 Å². The van der Waals surface area contributed by atoms with Gasteiger partial charge in [-0.1, -0.05) is 36.4 Å². The van der Waals surface area contributed by atoms with Gasteiger partial charge >= 0.3 is 0 Å². The smallest absolute Gasteiger partial charge is 0.209 e. The minimum Gasteiger partial charge on any atom is -0.370 e. The Kier molecular flexibility index (Phi) is 3.65. The van der Waals surface area contributed by atoms with E-state index < -0.39 is 10.0 Å². The second-order valence-corrected chi connectivity index (χ2v) is 8.19. The van der Waals surface area contributed by atoms with Crippen LogP contribution in [0.25, 0.3) is 10.8 Å². The van der Waals surface area contributed by atoms with Crippen LogP contribution in [0.2, 0.25) is 0 Å². The molecule has 1 heterocycles. The van der Waals surface area contributed by atoms with Gasteiger partial charge in [0.25, 0.3) is 0 Å². The normalized spacial score (nSPS) is 25.1. The number of benzene rings is 2. The van der Waals surface area contributed by atoms with Gasteiger partial charge in [-0.2, -0.15) is 0 Å². The molecule has 0 aromatic heterocycles. The summed E-state index contributed by atoms with van der Waals surface area (Å²) >= 11 is 0. The Balaban J connectivity index is 1.87. The number of quaternary nitrogens is 1. The molecule has 0 saturated carbocycles. The van der Waals surface area contributed by atoms with Crippen LogP contribution in [0.4, 0.5) is 0 Å². The third-order valence-electron chi connectivity index (χ3n) is 4.89. The number of ether oxygens (including phenoxy) is 1. The second-order valence-electron chi connectivity index (χ2n) is 6.41. The Morgan fingerprint density at radius 2 is 1.74 bits per heavy atom. The van der Waals surface area contributed by atoms with Crippen LogP contribution in [-0.4, -0.2) is 41.0 Å². The molecule has 6 heteroatoms. The SMILES string of the molecule is CS(=O)(=O)N[C@@H]1c2cccc3cccc(c23)[C@@H]1[NH+]1CCOCC1. The van der Waals surface area contributed by atoms with Gasteiger partial charge < -0.3 is 9.64 Å². The Bertz CT molecular complexity index is 839. The largest absolute Gasteiger partial charge is 0.370 e. The second kappa shape index (κ2) is 5.56. The maximum Gasteiger partial charge on any atom is 0.209 e. The number of sulfonamides is 1. The summed E-state index contributed by atoms with van der Waals surface area (Å²) in [6, 6.07) is 12.4. The highest BCUT2D eigenvalue weighted by molar-refractivity contribution is 7.88. The molecule has 4 rings (SSSR count). The lowest BCUT2D eigenvalue weighted by atomic mass is 10.0. The van der Waals surface area contributed by atoms with Gasteiger partial charge in [0.2, 0.25) is 10.0 Å². The highest BCUT2D eigenvalue weighted by Gasteiger charge is 2.42. The molecule has 1 aliphatic heterocycles. The molecule has 2 aromatic rings. The van der Waals surface area contributed by atoms with E-state index >= 15 is 0 Å². The van der Waals surface area contributed by atoms with E-state index in [-0.39, 0.29) is 12.1 Å². The van der Waals surface area contributed by atoms with Gasteiger partial charge in [0, 0.05) is 5.56 Å². The third-order valence-corrected chi connectivity index (χ3v) is 5.57. The number of hydrogen-bond donors (Lipinski definition) is 2. The summed E-state index contributed by atoms with van der Waals surface area (Å²) in [7, 11) is -3.29. The summed E-state index contributed by atoms with van der Waals surface area (Å²) < 4.78 is 32.3. The van der Waals surface area contributed by atoms with Crippen molar-refractivity contribution in [3.63, 3.8) is 0 Å². The van der Waals surface area contributed by atoms with Gasteiger partial charge in [0.1, 0.15) is 25.2 Å². The molecule has 0 unspecified atom stereocenters. The van der Waals surface area contributed by atoms with Crippen molar-refractivity contribution >= 4 is 20.8 Å². The van der Waals surface area contributed by atoms with Crippen LogP contribution < -0.4 is 9.62 Å². The molecule has 0 radical (unpaired) electrons. The van der Waals surface area contributed by atoms with Crippen molar-refractivity contribution in [2.75, 3.05) is 32.6 Å². The van der Waals surface area contributed by atoms with Gasteiger partial charge in [0.05, 0.1) is 19.5 Å². The van der Waals surface area contributed by atoms with Crippen molar-refractivity contribution in [3.8, 4) is 0 Å². The van der Waals surface area contributed by atoms with E-state index in [1.165, 1.54) is 27.5 Å². The third kappa shape index (κ3) is 2.65. The lowest BCUT2D eigenvalue weighted by Gasteiger charge is -2.33. The molecule has 1 fully saturated rings. The molecule has 2 aromatic carbocycles. The Morgan fingerprint density at radius 1 is 1.09 bits per heavy atom. The molecule has 0 amide bonds. The van der Waals surface area contributed by atoms with E-state index in [9.17, 15) is 8.42 Å². The topological polar surface area (TPSA) is 59.8 Å². The van der Waals surface area contributed by atoms with E-state index in [0.717, 1.165) is 31.9 Å². The van der Waals surface area contributed by atoms with E-state index in [4.69, 9.17) is 4.74 Å². The van der Waals surface area contributed by atoms with Crippen molar-refractivity contribution in [2.24, 2.45) is 0 Å². The first-order chi connectivity index (χ1) is 11.0. The van der Waals surface area contributed by atoms with Gasteiger partial charge in [-0.05, 0) is 16.3 Å². The van der Waals surface area contributed by atoms with Crippen molar-refractivity contribution in [1.29, 1.82) is 0 Å². The summed E-state index contributed by atoms with van der Waals surface area (Å²) in [5.41, 5.74) is 2.34. The standard InChI is InChI=1S/C17H20N2O3S/c1-23(20,21)18-16-13-6-2-4-12-5-3-7-14(15(12)13)17(16)19-8-10-22-11-9-19/h2-7,16-18H,8-11H2,1H3/p+1/t16-,17+/m1/s1. The quantitative estimate of drug-likeness (QED) is 0.855. The number of hydrogen-bond acceptors (Lipinski definition) is 3. The van der Waals surface area contributed by atoms with Gasteiger partial charge in [-0.25, -0.2) is 13.1 Å². The minimum absolute atomic E-state index is 0.106. The van der Waals surface area contributed by atoms with Crippen LogP contribution >= 0.6 is 0 Å². The average Bonchev–Trinajstić information content (AvgIpc) is 2.83. The molecular weight excluding hydrogens is 312 g/mol. The zero-order valence-corrected chi connectivity index (χ0v) is 13.9. The lowest BCUT2D eigenvalue weighted by Crippen LogP contribution is -3.14. The highest BCUT2D eigenvalue weighted by Crippen LogP contribution is 2.42. The van der Waals surface area contributed by atoms with E-state index in [1.807, 2.05) is 6.07 Å². The molecule has 1 saturated heterocycles. The fourth-order valence-corrected chi connectivity index (χ4v) is 4.76. The first kappa shape index (κ1) is 15.1. The molecule has 1 aliphatic carbocycles. The predicted molar refractivity (Wildman–Crippen MR) is 88.9 cm³/mol. The maximum atomic E-state index is 11.9. The number of morpholine rings is 1. The number of rotatable bonds is 3. The van der Waals surface area contributed by atoms with Crippen LogP contribution in [0.5, 0.6) is 0 Å². The van der Waals surface area contributed by atoms with Crippen molar-refractivity contribution in [2.45, 2.75) is 12.1 Å². The summed E-state index contributed by atoms with van der Waals surface area (Å²) in [4.78, 5) is 1.39. The number of nitrogens with one attached hydrogen (secondary N) is 2. The molecule has 23 heavy (non-hydrogen) atoms. The molecule has 0 bridgehead atoms. The van der Waals surface area contributed by atoms with Crippen LogP contribution in [0.15, 0.2) is 36.4 Å². The van der Waals surface area contributed by atoms with Gasteiger partial charge in [-0.15, -0.1) is 0 Å². The van der Waals surface area contributed by atoms with E-state index in [2.05, 4.69) is 35.1 Å². The first-order valence-corrected chi connectivity index (χ1v) is 9.85. The highest BCUT2D eigenvalue weighted by atomic mass is 32.2. The molecule has 0 spiro atoms. The van der Waals surface area contributed by atoms with Crippen molar-refractivity contribution in [3.05, 3.63) is 47.5 Å². The molecule has 2 atom stereocenters. The molecular formula is C17H21N2O3S+.